The van der Waals surface area contributed by atoms with Crippen molar-refractivity contribution >= 4 is 0 Å². The van der Waals surface area contributed by atoms with Gasteiger partial charge in [-0.15, -0.1) is 0 Å². The summed E-state index contributed by atoms with van der Waals surface area (Å²) in [5.41, 5.74) is 5.97. The normalized spacial score (nSPS) is 45.2. The van der Waals surface area contributed by atoms with E-state index < -0.39 is 0 Å². The highest BCUT2D eigenvalue weighted by atomic mass is 15.3. The van der Waals surface area contributed by atoms with E-state index >= 15 is 0 Å². The van der Waals surface area contributed by atoms with Crippen LogP contribution in [-0.4, -0.2) is 54.1 Å². The van der Waals surface area contributed by atoms with Gasteiger partial charge in [-0.05, 0) is 64.1 Å². The van der Waals surface area contributed by atoms with Crippen molar-refractivity contribution in [3.8, 4) is 0 Å². The maximum atomic E-state index is 5.97. The van der Waals surface area contributed by atoms with Crippen LogP contribution in [0.1, 0.15) is 39.5 Å². The minimum absolute atomic E-state index is 0.360. The highest BCUT2D eigenvalue weighted by molar-refractivity contribution is 5.06. The number of hydrogen-bond donors (Lipinski definition) is 1. The minimum Gasteiger partial charge on any atom is -0.328 e. The van der Waals surface area contributed by atoms with Crippen LogP contribution >= 0.6 is 0 Å². The summed E-state index contributed by atoms with van der Waals surface area (Å²) >= 11 is 0. The summed E-state index contributed by atoms with van der Waals surface area (Å²) in [6, 6.07) is 2.00. The lowest BCUT2D eigenvalue weighted by Crippen LogP contribution is -2.57. The van der Waals surface area contributed by atoms with Gasteiger partial charge < -0.3 is 5.73 Å². The first-order valence-corrected chi connectivity index (χ1v) is 7.94. The number of nitrogens with zero attached hydrogens (tertiary/aromatic N) is 2. The topological polar surface area (TPSA) is 32.5 Å². The van der Waals surface area contributed by atoms with Crippen LogP contribution in [0.5, 0.6) is 0 Å². The molecule has 0 aromatic carbocycles. The molecule has 0 saturated carbocycles. The molecule has 2 bridgehead atoms. The fourth-order valence-electron chi connectivity index (χ4n) is 4.75. The fourth-order valence-corrected chi connectivity index (χ4v) is 4.75. The summed E-state index contributed by atoms with van der Waals surface area (Å²) in [7, 11) is 0. The highest BCUT2D eigenvalue weighted by Crippen LogP contribution is 2.44. The summed E-state index contributed by atoms with van der Waals surface area (Å²) in [6.45, 7) is 9.77. The second-order valence-electron chi connectivity index (χ2n) is 6.74. The second-order valence-corrected chi connectivity index (χ2v) is 6.74. The zero-order chi connectivity index (χ0) is 12.7. The van der Waals surface area contributed by atoms with E-state index in [0.29, 0.717) is 6.04 Å². The van der Waals surface area contributed by atoms with Crippen molar-refractivity contribution in [2.45, 2.75) is 57.7 Å². The van der Waals surface area contributed by atoms with Crippen LogP contribution in [0.4, 0.5) is 0 Å². The Labute approximate surface area is 112 Å². The number of hydrogen-bond acceptors (Lipinski definition) is 3. The average molecular weight is 251 g/mol. The Morgan fingerprint density at radius 1 is 1.28 bits per heavy atom. The molecule has 2 N–H and O–H groups in total. The van der Waals surface area contributed by atoms with Crippen LogP contribution < -0.4 is 5.73 Å². The summed E-state index contributed by atoms with van der Waals surface area (Å²) < 4.78 is 0. The SMILES string of the molecule is CCN1CC2C3CCN(CC3)C2C1CCC(C)N. The molecule has 4 saturated heterocycles. The molecule has 0 aliphatic carbocycles. The molecule has 0 aromatic heterocycles. The molecular weight excluding hydrogens is 222 g/mol. The Balaban J connectivity index is 1.73. The lowest BCUT2D eigenvalue weighted by molar-refractivity contribution is 0.00200. The zero-order valence-electron chi connectivity index (χ0n) is 12.0. The van der Waals surface area contributed by atoms with Crippen LogP contribution in [0.2, 0.25) is 0 Å². The standard InChI is InChI=1S/C15H29N3/c1-3-17-10-13-12-6-8-18(9-7-12)15(13)14(17)5-4-11(2)16/h11-15H,3-10,16H2,1-2H3. The maximum absolute atomic E-state index is 5.97. The van der Waals surface area contributed by atoms with Gasteiger partial charge in [0.2, 0.25) is 0 Å². The molecule has 18 heavy (non-hydrogen) atoms. The van der Waals surface area contributed by atoms with Crippen LogP contribution in [-0.2, 0) is 0 Å². The summed E-state index contributed by atoms with van der Waals surface area (Å²) in [5.74, 6) is 1.99. The Morgan fingerprint density at radius 2 is 2.00 bits per heavy atom. The molecule has 4 heterocycles. The summed E-state index contributed by atoms with van der Waals surface area (Å²) in [5, 5.41) is 0. The van der Waals surface area contributed by atoms with Gasteiger partial charge in [0.1, 0.15) is 0 Å². The van der Waals surface area contributed by atoms with Crippen LogP contribution in [0.25, 0.3) is 0 Å². The average Bonchev–Trinajstić information content (AvgIpc) is 2.78. The number of likely N-dealkylation sites (tertiary alicyclic amines) is 1. The molecule has 0 spiro atoms. The molecular formula is C15H29N3. The largest absolute Gasteiger partial charge is 0.328 e. The van der Waals surface area contributed by atoms with E-state index in [9.17, 15) is 0 Å². The molecule has 4 atom stereocenters. The van der Waals surface area contributed by atoms with Gasteiger partial charge in [-0.25, -0.2) is 0 Å². The smallest absolute Gasteiger partial charge is 0.0294 e. The Kier molecular flexibility index (Phi) is 3.65. The predicted molar refractivity (Wildman–Crippen MR) is 75.5 cm³/mol. The van der Waals surface area contributed by atoms with Crippen LogP contribution in [0, 0.1) is 11.8 Å². The molecule has 4 fully saturated rings. The Bertz CT molecular complexity index is 283. The van der Waals surface area contributed by atoms with Gasteiger partial charge in [-0.2, -0.15) is 0 Å². The van der Waals surface area contributed by atoms with Gasteiger partial charge in [-0.1, -0.05) is 6.92 Å². The van der Waals surface area contributed by atoms with Crippen molar-refractivity contribution in [1.82, 2.24) is 9.80 Å². The van der Waals surface area contributed by atoms with Crippen molar-refractivity contribution < 1.29 is 0 Å². The second kappa shape index (κ2) is 5.10. The van der Waals surface area contributed by atoms with Gasteiger partial charge >= 0.3 is 0 Å². The van der Waals surface area contributed by atoms with E-state index in [2.05, 4.69) is 23.6 Å². The zero-order valence-corrected chi connectivity index (χ0v) is 12.0. The first-order chi connectivity index (χ1) is 8.70. The Morgan fingerprint density at radius 3 is 2.61 bits per heavy atom. The van der Waals surface area contributed by atoms with Gasteiger partial charge in [-0.3, -0.25) is 9.80 Å². The van der Waals surface area contributed by atoms with Crippen molar-refractivity contribution in [1.29, 1.82) is 0 Å². The quantitative estimate of drug-likeness (QED) is 0.822. The molecule has 3 heteroatoms. The molecule has 4 aliphatic rings. The van der Waals surface area contributed by atoms with Gasteiger partial charge in [0.15, 0.2) is 0 Å². The number of nitrogens with two attached hydrogens (primary N) is 1. The van der Waals surface area contributed by atoms with Gasteiger partial charge in [0.25, 0.3) is 0 Å². The first kappa shape index (κ1) is 12.9. The third kappa shape index (κ3) is 2.10. The molecule has 4 rings (SSSR count). The molecule has 3 nitrogen and oxygen atoms in total. The van der Waals surface area contributed by atoms with Gasteiger partial charge in [0, 0.05) is 24.7 Å². The molecule has 0 radical (unpaired) electrons. The van der Waals surface area contributed by atoms with E-state index in [1.807, 2.05) is 0 Å². The van der Waals surface area contributed by atoms with E-state index in [1.165, 1.54) is 51.9 Å². The molecule has 0 amide bonds. The monoisotopic (exact) mass is 251 g/mol. The van der Waals surface area contributed by atoms with Crippen molar-refractivity contribution in [2.75, 3.05) is 26.2 Å². The third-order valence-electron chi connectivity index (χ3n) is 5.67. The number of fused-ring (bicyclic) bond motifs is 2. The van der Waals surface area contributed by atoms with Gasteiger partial charge in [0.05, 0.1) is 0 Å². The fraction of sp³-hybridized carbons (Fsp3) is 1.00. The van der Waals surface area contributed by atoms with Crippen LogP contribution in [0.3, 0.4) is 0 Å². The van der Waals surface area contributed by atoms with Crippen LogP contribution in [0.15, 0.2) is 0 Å². The molecule has 104 valence electrons. The van der Waals surface area contributed by atoms with Crippen molar-refractivity contribution in [3.63, 3.8) is 0 Å². The highest BCUT2D eigenvalue weighted by Gasteiger charge is 2.51. The number of piperidine rings is 3. The van der Waals surface area contributed by atoms with E-state index in [4.69, 9.17) is 5.73 Å². The third-order valence-corrected chi connectivity index (χ3v) is 5.67. The predicted octanol–water partition coefficient (Wildman–Crippen LogP) is 1.53. The van der Waals surface area contributed by atoms with E-state index in [-0.39, 0.29) is 0 Å². The van der Waals surface area contributed by atoms with Crippen molar-refractivity contribution in [3.05, 3.63) is 0 Å². The van der Waals surface area contributed by atoms with Crippen molar-refractivity contribution in [2.24, 2.45) is 17.6 Å². The lowest BCUT2D eigenvalue weighted by Gasteiger charge is -2.49. The lowest BCUT2D eigenvalue weighted by atomic mass is 9.73. The van der Waals surface area contributed by atoms with E-state index in [1.54, 1.807) is 0 Å². The molecule has 4 aliphatic heterocycles. The first-order valence-electron chi connectivity index (χ1n) is 7.94. The number of likely N-dealkylation sites (N-methyl/N-ethyl adjacent to an activating group) is 1. The number of rotatable bonds is 4. The maximum Gasteiger partial charge on any atom is 0.0294 e. The van der Waals surface area contributed by atoms with E-state index in [0.717, 1.165) is 23.9 Å². The molecule has 4 unspecified atom stereocenters. The summed E-state index contributed by atoms with van der Waals surface area (Å²) in [4.78, 5) is 5.54. The minimum atomic E-state index is 0.360. The molecule has 0 aromatic rings. The summed E-state index contributed by atoms with van der Waals surface area (Å²) in [6.07, 6.45) is 5.40. The Hall–Kier alpha value is -0.120.